The summed E-state index contributed by atoms with van der Waals surface area (Å²) >= 11 is 4.59. The Kier molecular flexibility index (Phi) is 5.55. The highest BCUT2D eigenvalue weighted by molar-refractivity contribution is 7.80. The van der Waals surface area contributed by atoms with Gasteiger partial charge in [-0.2, -0.15) is 0 Å². The summed E-state index contributed by atoms with van der Waals surface area (Å²) in [4.78, 5) is 10.5. The van der Waals surface area contributed by atoms with E-state index in [0.29, 0.717) is 11.5 Å². The molecule has 0 fully saturated rings. The average Bonchev–Trinajstić information content (AvgIpc) is 2.35. The average molecular weight is 283 g/mol. The van der Waals surface area contributed by atoms with Crippen molar-refractivity contribution in [3.63, 3.8) is 0 Å². The molecule has 0 heterocycles. The minimum Gasteiger partial charge on any atom is -0.479 e. The van der Waals surface area contributed by atoms with Crippen molar-refractivity contribution in [3.05, 3.63) is 24.3 Å². The number of nitrogens with two attached hydrogens (primary N) is 1. The minimum atomic E-state index is -1.07. The van der Waals surface area contributed by atoms with E-state index in [1.807, 2.05) is 0 Å². The van der Waals surface area contributed by atoms with Crippen LogP contribution in [0.4, 0.5) is 0 Å². The van der Waals surface area contributed by atoms with Crippen LogP contribution in [0.3, 0.4) is 0 Å². The van der Waals surface area contributed by atoms with Crippen molar-refractivity contribution in [2.75, 3.05) is 6.61 Å². The largest absolute Gasteiger partial charge is 0.479 e. The van der Waals surface area contributed by atoms with E-state index in [9.17, 15) is 4.79 Å². The number of rotatable bonds is 5. The fourth-order valence-electron chi connectivity index (χ4n) is 1.11. The van der Waals surface area contributed by atoms with Crippen LogP contribution in [-0.2, 0) is 4.79 Å². The van der Waals surface area contributed by atoms with E-state index >= 15 is 0 Å². The highest BCUT2D eigenvalue weighted by Gasteiger charge is 2.07. The number of benzene rings is 1. The minimum absolute atomic E-state index is 0.0124. The second-order valence-corrected chi connectivity index (χ2v) is 3.78. The molecule has 0 spiro atoms. The number of hydrogen-bond acceptors (Lipinski definition) is 5. The van der Waals surface area contributed by atoms with Gasteiger partial charge in [-0.05, 0) is 24.4 Å². The molecule has 0 aromatic heterocycles. The number of thiocarbonyl (C=S) groups is 1. The maximum atomic E-state index is 10.5. The Morgan fingerprint density at radius 1 is 1.47 bits per heavy atom. The van der Waals surface area contributed by atoms with Gasteiger partial charge in [-0.1, -0.05) is 12.1 Å². The highest BCUT2D eigenvalue weighted by Crippen LogP contribution is 2.26. The van der Waals surface area contributed by atoms with Gasteiger partial charge >= 0.3 is 5.97 Å². The topological polar surface area (TPSA) is 106 Å². The number of ether oxygens (including phenoxy) is 2. The molecular formula is C11H13N3O4S. The smallest absolute Gasteiger partial charge is 0.341 e. The van der Waals surface area contributed by atoms with E-state index in [4.69, 9.17) is 20.3 Å². The van der Waals surface area contributed by atoms with Crippen molar-refractivity contribution >= 4 is 29.2 Å². The van der Waals surface area contributed by atoms with Crippen molar-refractivity contribution in [1.29, 1.82) is 0 Å². The van der Waals surface area contributed by atoms with Gasteiger partial charge < -0.3 is 20.3 Å². The number of nitrogens with zero attached hydrogens (tertiary/aromatic N) is 1. The molecule has 4 N–H and O–H groups in total. The van der Waals surface area contributed by atoms with Gasteiger partial charge in [0, 0.05) is 6.92 Å². The predicted molar refractivity (Wildman–Crippen MR) is 73.2 cm³/mol. The molecule has 1 aromatic rings. The zero-order valence-corrected chi connectivity index (χ0v) is 10.9. The zero-order valence-electron chi connectivity index (χ0n) is 10.1. The molecule has 102 valence electrons. The number of carboxylic acid groups (broad SMARTS) is 1. The molecule has 1 aromatic carbocycles. The molecule has 0 unspecified atom stereocenters. The van der Waals surface area contributed by atoms with Crippen molar-refractivity contribution < 1.29 is 19.4 Å². The van der Waals surface area contributed by atoms with Crippen LogP contribution in [0.5, 0.6) is 11.5 Å². The first-order chi connectivity index (χ1) is 8.99. The number of nitrogens with one attached hydrogen (secondary N) is 1. The first-order valence-electron chi connectivity index (χ1n) is 5.20. The van der Waals surface area contributed by atoms with Crippen molar-refractivity contribution in [1.82, 2.24) is 5.43 Å². The molecule has 1 rings (SSSR count). The fourth-order valence-corrected chi connectivity index (χ4v) is 1.15. The van der Waals surface area contributed by atoms with Crippen LogP contribution in [0.25, 0.3) is 0 Å². The van der Waals surface area contributed by atoms with Crippen LogP contribution in [0.1, 0.15) is 6.92 Å². The normalized spacial score (nSPS) is 10.7. The summed E-state index contributed by atoms with van der Waals surface area (Å²) in [6.07, 6.45) is 0. The summed E-state index contributed by atoms with van der Waals surface area (Å²) in [6, 6.07) is 6.63. The van der Waals surface area contributed by atoms with Gasteiger partial charge in [0.05, 0.1) is 0 Å². The van der Waals surface area contributed by atoms with E-state index in [0.717, 1.165) is 0 Å². The molecule has 8 heteroatoms. The lowest BCUT2D eigenvalue weighted by molar-refractivity contribution is -0.139. The molecule has 0 saturated carbocycles. The van der Waals surface area contributed by atoms with Crippen molar-refractivity contribution in [2.45, 2.75) is 6.92 Å². The van der Waals surface area contributed by atoms with E-state index in [2.05, 4.69) is 22.7 Å². The van der Waals surface area contributed by atoms with Gasteiger partial charge in [-0.15, -0.1) is 5.10 Å². The molecule has 0 amide bonds. The SMILES string of the molecule is C/C(=N\NC(N)=S)Oc1ccccc1OCC(=O)O. The Morgan fingerprint density at radius 2 is 2.11 bits per heavy atom. The summed E-state index contributed by atoms with van der Waals surface area (Å²) < 4.78 is 10.5. The maximum Gasteiger partial charge on any atom is 0.341 e. The second-order valence-electron chi connectivity index (χ2n) is 3.34. The molecule has 0 aliphatic heterocycles. The predicted octanol–water partition coefficient (Wildman–Crippen LogP) is 0.695. The lowest BCUT2D eigenvalue weighted by Crippen LogP contribution is -2.26. The number of carboxylic acids is 1. The van der Waals surface area contributed by atoms with E-state index in [1.165, 1.54) is 0 Å². The van der Waals surface area contributed by atoms with Gasteiger partial charge in [-0.25, -0.2) is 4.79 Å². The van der Waals surface area contributed by atoms with E-state index in [1.54, 1.807) is 31.2 Å². The van der Waals surface area contributed by atoms with Crippen molar-refractivity contribution in [2.24, 2.45) is 10.8 Å². The Bertz CT molecular complexity index is 504. The fraction of sp³-hybridized carbons (Fsp3) is 0.182. The van der Waals surface area contributed by atoms with Crippen LogP contribution >= 0.6 is 12.2 Å². The molecule has 0 aliphatic rings. The Balaban J connectivity index is 2.74. The van der Waals surface area contributed by atoms with Gasteiger partial charge in [0.15, 0.2) is 23.2 Å². The van der Waals surface area contributed by atoms with E-state index < -0.39 is 12.6 Å². The molecule has 0 saturated heterocycles. The van der Waals surface area contributed by atoms with E-state index in [-0.39, 0.29) is 11.0 Å². The summed E-state index contributed by atoms with van der Waals surface area (Å²) in [7, 11) is 0. The third-order valence-corrected chi connectivity index (χ3v) is 1.87. The number of aliphatic carboxylic acids is 1. The summed E-state index contributed by atoms with van der Waals surface area (Å²) in [6.45, 7) is 1.13. The van der Waals surface area contributed by atoms with Crippen LogP contribution in [-0.4, -0.2) is 28.7 Å². The van der Waals surface area contributed by atoms with Gasteiger partial charge in [-0.3, -0.25) is 5.43 Å². The quantitative estimate of drug-likeness (QED) is 0.316. The molecule has 19 heavy (non-hydrogen) atoms. The molecule has 0 radical (unpaired) electrons. The number of para-hydroxylation sites is 2. The summed E-state index contributed by atoms with van der Waals surface area (Å²) in [5.41, 5.74) is 7.59. The van der Waals surface area contributed by atoms with Crippen LogP contribution in [0.2, 0.25) is 0 Å². The Hall–Kier alpha value is -2.35. The molecular weight excluding hydrogens is 270 g/mol. The maximum absolute atomic E-state index is 10.5. The lowest BCUT2D eigenvalue weighted by Gasteiger charge is -2.10. The standard InChI is InChI=1S/C11H13N3O4S/c1-7(13-14-11(12)19)18-9-5-3-2-4-8(9)17-6-10(15)16/h2-5H,6H2,1H3,(H,15,16)(H3,12,14,19)/b13-7+. The third kappa shape index (κ3) is 5.68. The zero-order chi connectivity index (χ0) is 14.3. The summed E-state index contributed by atoms with van der Waals surface area (Å²) in [5.74, 6) is -0.181. The molecule has 0 bridgehead atoms. The highest BCUT2D eigenvalue weighted by atomic mass is 32.1. The monoisotopic (exact) mass is 283 g/mol. The van der Waals surface area contributed by atoms with Crippen LogP contribution in [0, 0.1) is 0 Å². The van der Waals surface area contributed by atoms with Gasteiger partial charge in [0.2, 0.25) is 5.90 Å². The second kappa shape index (κ2) is 7.17. The number of carbonyl (C=O) groups is 1. The number of hydrazone groups is 1. The van der Waals surface area contributed by atoms with Gasteiger partial charge in [0.25, 0.3) is 0 Å². The summed E-state index contributed by atoms with van der Waals surface area (Å²) in [5, 5.41) is 12.3. The van der Waals surface area contributed by atoms with Crippen LogP contribution in [0.15, 0.2) is 29.4 Å². The molecule has 0 aliphatic carbocycles. The molecule has 7 nitrogen and oxygen atoms in total. The lowest BCUT2D eigenvalue weighted by atomic mass is 10.3. The Morgan fingerprint density at radius 3 is 2.68 bits per heavy atom. The first-order valence-corrected chi connectivity index (χ1v) is 5.61. The van der Waals surface area contributed by atoms with Crippen LogP contribution < -0.4 is 20.6 Å². The number of hydrogen-bond donors (Lipinski definition) is 3. The Labute approximate surface area is 115 Å². The third-order valence-electron chi connectivity index (χ3n) is 1.78. The van der Waals surface area contributed by atoms with Gasteiger partial charge in [0.1, 0.15) is 0 Å². The molecule has 0 atom stereocenters. The first kappa shape index (κ1) is 14.7. The van der Waals surface area contributed by atoms with Crippen molar-refractivity contribution in [3.8, 4) is 11.5 Å².